The highest BCUT2D eigenvalue weighted by Crippen LogP contribution is 2.62. The summed E-state index contributed by atoms with van der Waals surface area (Å²) >= 11 is 0. The molecule has 0 saturated carbocycles. The molecule has 1 spiro atoms. The van der Waals surface area contributed by atoms with E-state index in [1.54, 1.807) is 0 Å². The molecule has 0 bridgehead atoms. The highest BCUT2D eigenvalue weighted by atomic mass is 15.0. The molecule has 1 atom stereocenters. The van der Waals surface area contributed by atoms with Gasteiger partial charge in [-0.1, -0.05) is 43.0 Å². The van der Waals surface area contributed by atoms with Crippen LogP contribution in [0.25, 0.3) is 16.5 Å². The fourth-order valence-corrected chi connectivity index (χ4v) is 3.65. The highest BCUT2D eigenvalue weighted by Gasteiger charge is 2.51. The van der Waals surface area contributed by atoms with Crippen molar-refractivity contribution in [2.45, 2.75) is 13.3 Å². The molecule has 0 radical (unpaired) electrons. The molecule has 1 aromatic carbocycles. The van der Waals surface area contributed by atoms with Crippen molar-refractivity contribution in [1.82, 2.24) is 4.57 Å². The van der Waals surface area contributed by atoms with Gasteiger partial charge in [-0.15, -0.1) is 0 Å². The third-order valence-corrected chi connectivity index (χ3v) is 4.67. The third kappa shape index (κ3) is 1.16. The quantitative estimate of drug-likeness (QED) is 0.710. The second-order valence-electron chi connectivity index (χ2n) is 5.63. The Morgan fingerprint density at radius 1 is 1.32 bits per heavy atom. The lowest BCUT2D eigenvalue weighted by Crippen LogP contribution is -2.05. The predicted molar refractivity (Wildman–Crippen MR) is 81.0 cm³/mol. The molecule has 0 fully saturated rings. The van der Waals surface area contributed by atoms with Crippen LogP contribution in [-0.2, 0) is 13.5 Å². The van der Waals surface area contributed by atoms with E-state index >= 15 is 0 Å². The zero-order chi connectivity index (χ0) is 13.2. The summed E-state index contributed by atoms with van der Waals surface area (Å²) < 4.78 is 2.31. The number of rotatable bonds is 1. The van der Waals surface area contributed by atoms with Gasteiger partial charge in [0, 0.05) is 29.1 Å². The topological polar surface area (TPSA) is 4.93 Å². The maximum absolute atomic E-state index is 4.39. The van der Waals surface area contributed by atoms with Gasteiger partial charge in [0.25, 0.3) is 0 Å². The predicted octanol–water partition coefficient (Wildman–Crippen LogP) is 4.25. The van der Waals surface area contributed by atoms with E-state index < -0.39 is 0 Å². The molecule has 4 rings (SSSR count). The summed E-state index contributed by atoms with van der Waals surface area (Å²) in [6, 6.07) is 8.67. The minimum absolute atomic E-state index is 0.138. The molecule has 2 aliphatic carbocycles. The number of aryl methyl sites for hydroxylation is 1. The molecule has 0 N–H and O–H groups in total. The Labute approximate surface area is 113 Å². The van der Waals surface area contributed by atoms with E-state index in [4.69, 9.17) is 0 Å². The van der Waals surface area contributed by atoms with E-state index in [1.165, 1.54) is 33.3 Å². The molecule has 19 heavy (non-hydrogen) atoms. The largest absolute Gasteiger partial charge is 0.344 e. The summed E-state index contributed by atoms with van der Waals surface area (Å²) in [5.41, 5.74) is 6.97. The third-order valence-electron chi connectivity index (χ3n) is 4.67. The van der Waals surface area contributed by atoms with Gasteiger partial charge in [0.05, 0.1) is 0 Å². The van der Waals surface area contributed by atoms with Gasteiger partial charge in [0.2, 0.25) is 0 Å². The van der Waals surface area contributed by atoms with E-state index in [2.05, 4.69) is 67.6 Å². The smallest absolute Gasteiger partial charge is 0.0487 e. The number of fused-ring (bicyclic) bond motifs is 3. The maximum atomic E-state index is 4.39. The Kier molecular flexibility index (Phi) is 1.88. The summed E-state index contributed by atoms with van der Waals surface area (Å²) in [7, 11) is 2.16. The van der Waals surface area contributed by atoms with Crippen LogP contribution < -0.4 is 0 Å². The SMILES string of the molecule is C=C1c2c(c3ccccc3n2C)CC12C=C2/C=C\C. The number of para-hydroxylation sites is 1. The van der Waals surface area contributed by atoms with Crippen molar-refractivity contribution < 1.29 is 0 Å². The molecular weight excluding hydrogens is 230 g/mol. The lowest BCUT2D eigenvalue weighted by atomic mass is 9.92. The molecular formula is C18H17N. The molecule has 94 valence electrons. The normalized spacial score (nSPS) is 24.5. The molecule has 0 aliphatic heterocycles. The second kappa shape index (κ2) is 3.30. The van der Waals surface area contributed by atoms with Gasteiger partial charge < -0.3 is 4.57 Å². The molecule has 2 aromatic rings. The zero-order valence-corrected chi connectivity index (χ0v) is 11.4. The van der Waals surface area contributed by atoms with Crippen LogP contribution in [0.15, 0.2) is 54.6 Å². The first kappa shape index (κ1) is 10.9. The summed E-state index contributed by atoms with van der Waals surface area (Å²) in [6.07, 6.45) is 7.79. The minimum Gasteiger partial charge on any atom is -0.344 e. The molecule has 2 aliphatic rings. The molecule has 0 saturated heterocycles. The van der Waals surface area contributed by atoms with Crippen molar-refractivity contribution in [1.29, 1.82) is 0 Å². The van der Waals surface area contributed by atoms with E-state index in [1.807, 2.05) is 0 Å². The van der Waals surface area contributed by atoms with Crippen LogP contribution in [0.3, 0.4) is 0 Å². The van der Waals surface area contributed by atoms with Crippen molar-refractivity contribution >= 4 is 16.5 Å². The van der Waals surface area contributed by atoms with Gasteiger partial charge >= 0.3 is 0 Å². The van der Waals surface area contributed by atoms with Crippen LogP contribution >= 0.6 is 0 Å². The molecule has 1 heteroatoms. The zero-order valence-electron chi connectivity index (χ0n) is 11.4. The number of benzene rings is 1. The average Bonchev–Trinajstić information content (AvgIpc) is 2.93. The van der Waals surface area contributed by atoms with Crippen molar-refractivity contribution in [3.63, 3.8) is 0 Å². The average molecular weight is 247 g/mol. The number of aromatic nitrogens is 1. The van der Waals surface area contributed by atoms with Crippen molar-refractivity contribution in [3.05, 3.63) is 65.9 Å². The fraction of sp³-hybridized carbons (Fsp3) is 0.222. The van der Waals surface area contributed by atoms with Crippen LogP contribution in [0.4, 0.5) is 0 Å². The van der Waals surface area contributed by atoms with E-state index in [9.17, 15) is 0 Å². The highest BCUT2D eigenvalue weighted by molar-refractivity contribution is 5.97. The van der Waals surface area contributed by atoms with Crippen molar-refractivity contribution in [2.75, 3.05) is 0 Å². The number of hydrogen-bond acceptors (Lipinski definition) is 0. The van der Waals surface area contributed by atoms with Crippen LogP contribution in [0.5, 0.6) is 0 Å². The van der Waals surface area contributed by atoms with Gasteiger partial charge in [0.1, 0.15) is 0 Å². The minimum atomic E-state index is 0.138. The Morgan fingerprint density at radius 3 is 2.89 bits per heavy atom. The van der Waals surface area contributed by atoms with Crippen LogP contribution in [0.1, 0.15) is 18.2 Å². The van der Waals surface area contributed by atoms with Gasteiger partial charge in [-0.25, -0.2) is 0 Å². The molecule has 1 nitrogen and oxygen atoms in total. The van der Waals surface area contributed by atoms with Crippen molar-refractivity contribution in [3.8, 4) is 0 Å². The number of hydrogen-bond donors (Lipinski definition) is 0. The summed E-state index contributed by atoms with van der Waals surface area (Å²) in [5.74, 6) is 0. The van der Waals surface area contributed by atoms with Gasteiger partial charge in [-0.05, 0) is 36.1 Å². The first-order valence-corrected chi connectivity index (χ1v) is 6.81. The second-order valence-corrected chi connectivity index (χ2v) is 5.63. The van der Waals surface area contributed by atoms with Gasteiger partial charge in [-0.3, -0.25) is 0 Å². The lowest BCUT2D eigenvalue weighted by Gasteiger charge is -2.13. The number of allylic oxidation sites excluding steroid dienone is 5. The summed E-state index contributed by atoms with van der Waals surface area (Å²) in [6.45, 7) is 6.47. The molecule has 0 amide bonds. The van der Waals surface area contributed by atoms with Crippen molar-refractivity contribution in [2.24, 2.45) is 12.5 Å². The monoisotopic (exact) mass is 247 g/mol. The maximum Gasteiger partial charge on any atom is 0.0487 e. The fourth-order valence-electron chi connectivity index (χ4n) is 3.65. The number of nitrogens with zero attached hydrogens (tertiary/aromatic N) is 1. The Bertz CT molecular complexity index is 785. The van der Waals surface area contributed by atoms with Crippen LogP contribution in [0, 0.1) is 5.41 Å². The molecule has 1 aromatic heterocycles. The first-order chi connectivity index (χ1) is 9.19. The Hall–Kier alpha value is -2.02. The van der Waals surface area contributed by atoms with Gasteiger partial charge in [0.15, 0.2) is 0 Å². The standard InChI is InChI=1S/C18H17N/c1-4-7-13-10-18(13)11-15-14-8-5-6-9-16(14)19(3)17(15)12(18)2/h4-10H,2,11H2,1,3H3/b7-4-. The Morgan fingerprint density at radius 2 is 2.11 bits per heavy atom. The van der Waals surface area contributed by atoms with Crippen LogP contribution in [-0.4, -0.2) is 4.57 Å². The summed E-state index contributed by atoms with van der Waals surface area (Å²) in [4.78, 5) is 0. The van der Waals surface area contributed by atoms with E-state index in [-0.39, 0.29) is 5.41 Å². The first-order valence-electron chi connectivity index (χ1n) is 6.81. The lowest BCUT2D eigenvalue weighted by molar-refractivity contribution is 0.762. The Balaban J connectivity index is 1.91. The summed E-state index contributed by atoms with van der Waals surface area (Å²) in [5, 5.41) is 1.39. The van der Waals surface area contributed by atoms with E-state index in [0.717, 1.165) is 6.42 Å². The van der Waals surface area contributed by atoms with E-state index in [0.29, 0.717) is 0 Å². The van der Waals surface area contributed by atoms with Crippen LogP contribution in [0.2, 0.25) is 0 Å². The molecule has 1 unspecified atom stereocenters. The molecule has 1 heterocycles. The van der Waals surface area contributed by atoms with Gasteiger partial charge in [-0.2, -0.15) is 0 Å².